The van der Waals surface area contributed by atoms with E-state index in [0.29, 0.717) is 34.5 Å². The van der Waals surface area contributed by atoms with Crippen LogP contribution < -0.4 is 10.6 Å². The molecule has 3 aliphatic rings. The molecule has 2 aliphatic carbocycles. The number of ketones is 1. The second-order valence-electron chi connectivity index (χ2n) is 7.21. The van der Waals surface area contributed by atoms with E-state index in [0.717, 1.165) is 49.8 Å². The molecule has 0 radical (unpaired) electrons. The van der Waals surface area contributed by atoms with Crippen molar-refractivity contribution in [2.24, 2.45) is 4.99 Å². The van der Waals surface area contributed by atoms with Gasteiger partial charge >= 0.3 is 6.01 Å². The lowest BCUT2D eigenvalue weighted by atomic mass is 9.78. The number of oxazole rings is 1. The van der Waals surface area contributed by atoms with Gasteiger partial charge in [0.1, 0.15) is 5.52 Å². The van der Waals surface area contributed by atoms with Crippen molar-refractivity contribution >= 4 is 40.5 Å². The van der Waals surface area contributed by atoms with Crippen molar-refractivity contribution in [3.63, 3.8) is 0 Å². The molecule has 2 aromatic rings. The Hall–Kier alpha value is -2.34. The summed E-state index contributed by atoms with van der Waals surface area (Å²) in [6.45, 7) is 0. The fourth-order valence-electron chi connectivity index (χ4n) is 4.39. The summed E-state index contributed by atoms with van der Waals surface area (Å²) in [5, 5.41) is 7.09. The van der Waals surface area contributed by atoms with Crippen LogP contribution >= 0.6 is 11.6 Å². The monoisotopic (exact) mass is 370 g/mol. The number of hydrogen-bond donors (Lipinski definition) is 2. The first-order chi connectivity index (χ1) is 12.6. The molecular weight excluding hydrogens is 352 g/mol. The maximum atomic E-state index is 12.6. The molecule has 0 saturated heterocycles. The highest BCUT2D eigenvalue weighted by Crippen LogP contribution is 2.45. The van der Waals surface area contributed by atoms with Crippen LogP contribution in [0.1, 0.15) is 44.9 Å². The van der Waals surface area contributed by atoms with E-state index in [-0.39, 0.29) is 11.3 Å². The molecule has 1 aliphatic heterocycles. The molecule has 0 bridgehead atoms. The Bertz CT molecular complexity index is 969. The molecule has 2 heterocycles. The first-order valence-electron chi connectivity index (χ1n) is 9.10. The lowest BCUT2D eigenvalue weighted by molar-refractivity contribution is -0.116. The third-order valence-electron chi connectivity index (χ3n) is 5.48. The van der Waals surface area contributed by atoms with Gasteiger partial charge < -0.3 is 9.73 Å². The number of rotatable bonds is 1. The predicted molar refractivity (Wildman–Crippen MR) is 100 cm³/mol. The van der Waals surface area contributed by atoms with E-state index in [1.165, 1.54) is 0 Å². The number of nitrogens with zero attached hydrogens (tertiary/aromatic N) is 2. The number of Topliss-reactive ketones (excluding diaryl/α,β-unsaturated/α-hetero) is 1. The molecule has 7 heteroatoms. The number of fused-ring (bicyclic) bond motifs is 2. The van der Waals surface area contributed by atoms with Gasteiger partial charge in [-0.05, 0) is 43.9 Å². The van der Waals surface area contributed by atoms with Crippen molar-refractivity contribution in [3.05, 3.63) is 34.5 Å². The maximum absolute atomic E-state index is 12.6. The molecule has 1 aromatic heterocycles. The summed E-state index contributed by atoms with van der Waals surface area (Å²) in [4.78, 5) is 21.9. The molecule has 0 unspecified atom stereocenters. The van der Waals surface area contributed by atoms with E-state index < -0.39 is 0 Å². The molecule has 6 nitrogen and oxygen atoms in total. The molecule has 0 amide bonds. The number of nitrogens with one attached hydrogen (secondary N) is 2. The molecule has 1 fully saturated rings. The van der Waals surface area contributed by atoms with Gasteiger partial charge in [-0.15, -0.1) is 0 Å². The van der Waals surface area contributed by atoms with Gasteiger partial charge in [0.25, 0.3) is 0 Å². The summed E-state index contributed by atoms with van der Waals surface area (Å²) < 4.78 is 5.75. The average molecular weight is 371 g/mol. The van der Waals surface area contributed by atoms with Gasteiger partial charge in [-0.25, -0.2) is 4.99 Å². The number of guanidine groups is 1. The summed E-state index contributed by atoms with van der Waals surface area (Å²) in [7, 11) is 0. The van der Waals surface area contributed by atoms with Crippen LogP contribution in [-0.4, -0.2) is 22.3 Å². The number of benzene rings is 1. The molecule has 2 N–H and O–H groups in total. The summed E-state index contributed by atoms with van der Waals surface area (Å²) in [5.74, 6) is 0.859. The Labute approximate surface area is 155 Å². The van der Waals surface area contributed by atoms with Crippen molar-refractivity contribution in [2.45, 2.75) is 50.5 Å². The normalized spacial score (nSPS) is 21.7. The number of carbonyl (C=O) groups is 1. The predicted octanol–water partition coefficient (Wildman–Crippen LogP) is 4.17. The third kappa shape index (κ3) is 2.51. The first-order valence-corrected chi connectivity index (χ1v) is 9.48. The van der Waals surface area contributed by atoms with E-state index in [9.17, 15) is 4.79 Å². The van der Waals surface area contributed by atoms with Gasteiger partial charge in [-0.2, -0.15) is 4.98 Å². The quantitative estimate of drug-likeness (QED) is 0.787. The van der Waals surface area contributed by atoms with Crippen molar-refractivity contribution in [2.75, 3.05) is 5.32 Å². The SMILES string of the molecule is O=C1CCCC2=C1C1(CCCC1)N=C(Nc1nc3cc(Cl)ccc3o1)N2. The molecule has 26 heavy (non-hydrogen) atoms. The number of halogens is 1. The molecular formula is C19H19ClN4O2. The Balaban J connectivity index is 1.50. The van der Waals surface area contributed by atoms with Crippen LogP contribution in [0, 0.1) is 0 Å². The largest absolute Gasteiger partial charge is 0.423 e. The van der Waals surface area contributed by atoms with Gasteiger partial charge in [0.15, 0.2) is 11.4 Å². The zero-order valence-corrected chi connectivity index (χ0v) is 15.0. The van der Waals surface area contributed by atoms with E-state index in [4.69, 9.17) is 21.0 Å². The highest BCUT2D eigenvalue weighted by Gasteiger charge is 2.45. The zero-order valence-electron chi connectivity index (χ0n) is 14.3. The number of aromatic nitrogens is 1. The van der Waals surface area contributed by atoms with Crippen LogP contribution in [0.25, 0.3) is 11.1 Å². The summed E-state index contributed by atoms with van der Waals surface area (Å²) in [6.07, 6.45) is 6.44. The minimum Gasteiger partial charge on any atom is -0.423 e. The second-order valence-corrected chi connectivity index (χ2v) is 7.65. The Morgan fingerprint density at radius 2 is 2.04 bits per heavy atom. The highest BCUT2D eigenvalue weighted by molar-refractivity contribution is 6.31. The Kier molecular flexibility index (Phi) is 3.57. The van der Waals surface area contributed by atoms with Crippen molar-refractivity contribution in [1.29, 1.82) is 0 Å². The fourth-order valence-corrected chi connectivity index (χ4v) is 4.55. The second kappa shape index (κ2) is 5.84. The minimum absolute atomic E-state index is 0.250. The molecule has 134 valence electrons. The third-order valence-corrected chi connectivity index (χ3v) is 5.71. The lowest BCUT2D eigenvalue weighted by Crippen LogP contribution is -2.46. The van der Waals surface area contributed by atoms with Crippen LogP contribution in [0.3, 0.4) is 0 Å². The van der Waals surface area contributed by atoms with Gasteiger partial charge in [0, 0.05) is 22.7 Å². The van der Waals surface area contributed by atoms with Crippen LogP contribution in [0.4, 0.5) is 6.01 Å². The summed E-state index contributed by atoms with van der Waals surface area (Å²) in [5.41, 5.74) is 2.91. The topological polar surface area (TPSA) is 79.5 Å². The molecule has 0 atom stereocenters. The smallest absolute Gasteiger partial charge is 0.302 e. The van der Waals surface area contributed by atoms with Crippen LogP contribution in [-0.2, 0) is 4.79 Å². The molecule has 1 spiro atoms. The zero-order chi connectivity index (χ0) is 17.7. The maximum Gasteiger partial charge on any atom is 0.302 e. The van der Waals surface area contributed by atoms with Crippen molar-refractivity contribution in [3.8, 4) is 0 Å². The van der Waals surface area contributed by atoms with E-state index in [1.807, 2.05) is 0 Å². The van der Waals surface area contributed by atoms with Crippen molar-refractivity contribution < 1.29 is 9.21 Å². The Morgan fingerprint density at radius 3 is 2.88 bits per heavy atom. The lowest BCUT2D eigenvalue weighted by Gasteiger charge is -2.37. The van der Waals surface area contributed by atoms with Crippen LogP contribution in [0.15, 0.2) is 38.9 Å². The average Bonchev–Trinajstić information content (AvgIpc) is 3.21. The van der Waals surface area contributed by atoms with Crippen LogP contribution in [0.2, 0.25) is 5.02 Å². The van der Waals surface area contributed by atoms with Crippen molar-refractivity contribution in [1.82, 2.24) is 10.3 Å². The van der Waals surface area contributed by atoms with E-state index in [2.05, 4.69) is 15.6 Å². The fraction of sp³-hybridized carbons (Fsp3) is 0.421. The van der Waals surface area contributed by atoms with E-state index in [1.54, 1.807) is 18.2 Å². The number of carbonyl (C=O) groups excluding carboxylic acids is 1. The molecule has 1 aromatic carbocycles. The van der Waals surface area contributed by atoms with Gasteiger partial charge in [0.2, 0.25) is 5.96 Å². The number of allylic oxidation sites excluding steroid dienone is 1. The minimum atomic E-state index is -0.379. The summed E-state index contributed by atoms with van der Waals surface area (Å²) >= 11 is 6.02. The molecule has 1 saturated carbocycles. The van der Waals surface area contributed by atoms with Gasteiger partial charge in [0.05, 0.1) is 5.54 Å². The highest BCUT2D eigenvalue weighted by atomic mass is 35.5. The van der Waals surface area contributed by atoms with Gasteiger partial charge in [-0.1, -0.05) is 24.4 Å². The van der Waals surface area contributed by atoms with Crippen LogP contribution in [0.5, 0.6) is 0 Å². The first kappa shape index (κ1) is 15.9. The number of aliphatic imine (C=N–C) groups is 1. The molecule has 5 rings (SSSR count). The Morgan fingerprint density at radius 1 is 1.19 bits per heavy atom. The number of hydrogen-bond acceptors (Lipinski definition) is 6. The van der Waals surface area contributed by atoms with E-state index >= 15 is 0 Å². The van der Waals surface area contributed by atoms with Gasteiger partial charge in [-0.3, -0.25) is 10.1 Å². The standard InChI is InChI=1S/C19H19ClN4O2/c20-11-6-7-15-13(10-11)22-18(26-15)23-17-21-12-4-3-5-14(25)16(12)19(24-17)8-1-2-9-19/h6-7,10H,1-5,8-9H2,(H2,21,22,23,24). The number of anilines is 1. The summed E-state index contributed by atoms with van der Waals surface area (Å²) in [6, 6.07) is 5.70.